The second-order valence-electron chi connectivity index (χ2n) is 5.67. The summed E-state index contributed by atoms with van der Waals surface area (Å²) in [7, 11) is 0. The molecule has 0 heterocycles. The van der Waals surface area contributed by atoms with Gasteiger partial charge in [0.15, 0.2) is 6.10 Å². The molecule has 110 valence electrons. The SMILES string of the molecule is CC(OC(=O)Cc1ccc(Cl)cc1)C(=O)NC(C)(C)C. The molecule has 4 nitrogen and oxygen atoms in total. The number of rotatable bonds is 4. The minimum absolute atomic E-state index is 0.115. The topological polar surface area (TPSA) is 55.4 Å². The van der Waals surface area contributed by atoms with Gasteiger partial charge in [0.2, 0.25) is 0 Å². The summed E-state index contributed by atoms with van der Waals surface area (Å²) in [6.45, 7) is 7.16. The van der Waals surface area contributed by atoms with Crippen molar-refractivity contribution in [2.45, 2.75) is 45.8 Å². The van der Waals surface area contributed by atoms with Gasteiger partial charge in [-0.2, -0.15) is 0 Å². The first-order chi connectivity index (χ1) is 9.17. The van der Waals surface area contributed by atoms with E-state index in [4.69, 9.17) is 16.3 Å². The maximum absolute atomic E-state index is 11.8. The lowest BCUT2D eigenvalue weighted by Crippen LogP contribution is -2.46. The number of ether oxygens (including phenoxy) is 1. The molecule has 0 aromatic heterocycles. The first kappa shape index (κ1) is 16.5. The lowest BCUT2D eigenvalue weighted by atomic mass is 10.1. The van der Waals surface area contributed by atoms with Crippen LogP contribution in [0, 0.1) is 0 Å². The molecule has 0 bridgehead atoms. The Hall–Kier alpha value is -1.55. The van der Waals surface area contributed by atoms with Gasteiger partial charge >= 0.3 is 5.97 Å². The van der Waals surface area contributed by atoms with Crippen molar-refractivity contribution in [1.82, 2.24) is 5.32 Å². The van der Waals surface area contributed by atoms with E-state index in [-0.39, 0.29) is 17.9 Å². The molecule has 0 spiro atoms. The maximum atomic E-state index is 11.8. The first-order valence-corrected chi connectivity index (χ1v) is 6.81. The fourth-order valence-corrected chi connectivity index (χ4v) is 1.66. The lowest BCUT2D eigenvalue weighted by Gasteiger charge is -2.23. The molecule has 5 heteroatoms. The third-order valence-corrected chi connectivity index (χ3v) is 2.69. The van der Waals surface area contributed by atoms with E-state index in [0.717, 1.165) is 5.56 Å². The van der Waals surface area contributed by atoms with Gasteiger partial charge in [-0.25, -0.2) is 0 Å². The van der Waals surface area contributed by atoms with Gasteiger partial charge in [-0.1, -0.05) is 23.7 Å². The third-order valence-electron chi connectivity index (χ3n) is 2.44. The molecule has 1 aromatic rings. The molecular weight excluding hydrogens is 278 g/mol. The van der Waals surface area contributed by atoms with Crippen LogP contribution in [0.2, 0.25) is 5.02 Å². The highest BCUT2D eigenvalue weighted by Crippen LogP contribution is 2.11. The number of benzene rings is 1. The molecule has 0 aliphatic heterocycles. The summed E-state index contributed by atoms with van der Waals surface area (Å²) >= 11 is 5.77. The van der Waals surface area contributed by atoms with Gasteiger partial charge in [0.05, 0.1) is 6.42 Å². The summed E-state index contributed by atoms with van der Waals surface area (Å²) in [5.41, 5.74) is 0.441. The molecular formula is C15H20ClNO3. The van der Waals surface area contributed by atoms with E-state index in [2.05, 4.69) is 5.32 Å². The summed E-state index contributed by atoms with van der Waals surface area (Å²) in [5, 5.41) is 3.37. The van der Waals surface area contributed by atoms with Crippen molar-refractivity contribution in [1.29, 1.82) is 0 Å². The number of nitrogens with one attached hydrogen (secondary N) is 1. The summed E-state index contributed by atoms with van der Waals surface area (Å²) < 4.78 is 5.11. The fourth-order valence-electron chi connectivity index (χ4n) is 1.53. The second-order valence-corrected chi connectivity index (χ2v) is 6.11. The highest BCUT2D eigenvalue weighted by atomic mass is 35.5. The number of hydrogen-bond acceptors (Lipinski definition) is 3. The fraction of sp³-hybridized carbons (Fsp3) is 0.467. The molecule has 0 saturated carbocycles. The molecule has 0 fully saturated rings. The van der Waals surface area contributed by atoms with Crippen LogP contribution < -0.4 is 5.32 Å². The third kappa shape index (κ3) is 6.06. The monoisotopic (exact) mass is 297 g/mol. The van der Waals surface area contributed by atoms with Gasteiger partial charge in [-0.3, -0.25) is 9.59 Å². The minimum Gasteiger partial charge on any atom is -0.452 e. The molecule has 1 unspecified atom stereocenters. The summed E-state index contributed by atoms with van der Waals surface area (Å²) in [4.78, 5) is 23.5. The predicted molar refractivity (Wildman–Crippen MR) is 78.6 cm³/mol. The van der Waals surface area contributed by atoms with Crippen LogP contribution >= 0.6 is 11.6 Å². The molecule has 0 saturated heterocycles. The van der Waals surface area contributed by atoms with E-state index in [9.17, 15) is 9.59 Å². The van der Waals surface area contributed by atoms with Crippen LogP contribution in [0.25, 0.3) is 0 Å². The molecule has 1 N–H and O–H groups in total. The van der Waals surface area contributed by atoms with Crippen molar-refractivity contribution in [2.75, 3.05) is 0 Å². The van der Waals surface area contributed by atoms with Crippen LogP contribution in [0.1, 0.15) is 33.3 Å². The van der Waals surface area contributed by atoms with Crippen molar-refractivity contribution >= 4 is 23.5 Å². The van der Waals surface area contributed by atoms with Crippen LogP contribution in [0.15, 0.2) is 24.3 Å². The van der Waals surface area contributed by atoms with Crippen LogP contribution in [0.5, 0.6) is 0 Å². The Morgan fingerprint density at radius 2 is 1.80 bits per heavy atom. The van der Waals surface area contributed by atoms with Crippen molar-refractivity contribution in [2.24, 2.45) is 0 Å². The molecule has 1 aromatic carbocycles. The average molecular weight is 298 g/mol. The zero-order chi connectivity index (χ0) is 15.3. The molecule has 0 aliphatic rings. The maximum Gasteiger partial charge on any atom is 0.311 e. The van der Waals surface area contributed by atoms with Crippen LogP contribution in [-0.2, 0) is 20.7 Å². The smallest absolute Gasteiger partial charge is 0.311 e. The van der Waals surface area contributed by atoms with E-state index in [1.165, 1.54) is 0 Å². The normalized spacial score (nSPS) is 12.7. The van der Waals surface area contributed by atoms with Crippen LogP contribution in [-0.4, -0.2) is 23.5 Å². The molecule has 1 atom stereocenters. The largest absolute Gasteiger partial charge is 0.452 e. The number of amides is 1. The number of esters is 1. The van der Waals surface area contributed by atoms with Gasteiger partial charge in [0.1, 0.15) is 0 Å². The Morgan fingerprint density at radius 1 is 1.25 bits per heavy atom. The number of hydrogen-bond donors (Lipinski definition) is 1. The Bertz CT molecular complexity index is 477. The van der Waals surface area contributed by atoms with E-state index in [1.54, 1.807) is 31.2 Å². The van der Waals surface area contributed by atoms with Gasteiger partial charge < -0.3 is 10.1 Å². The molecule has 0 aliphatic carbocycles. The molecule has 20 heavy (non-hydrogen) atoms. The van der Waals surface area contributed by atoms with E-state index in [0.29, 0.717) is 5.02 Å². The van der Waals surface area contributed by atoms with E-state index in [1.807, 2.05) is 20.8 Å². The lowest BCUT2D eigenvalue weighted by molar-refractivity contribution is -0.154. The zero-order valence-electron chi connectivity index (χ0n) is 12.2. The van der Waals surface area contributed by atoms with Crippen molar-refractivity contribution in [3.8, 4) is 0 Å². The summed E-state index contributed by atoms with van der Waals surface area (Å²) in [5.74, 6) is -0.745. The number of halogens is 1. The Kier molecular flexibility index (Phi) is 5.57. The van der Waals surface area contributed by atoms with E-state index < -0.39 is 12.1 Å². The standard InChI is InChI=1S/C15H20ClNO3/c1-10(14(19)17-15(2,3)4)20-13(18)9-11-5-7-12(16)8-6-11/h5-8,10H,9H2,1-4H3,(H,17,19). The predicted octanol–water partition coefficient (Wildman–Crippen LogP) is 2.73. The van der Waals surface area contributed by atoms with E-state index >= 15 is 0 Å². The summed E-state index contributed by atoms with van der Waals surface area (Å²) in [6, 6.07) is 6.92. The minimum atomic E-state index is -0.811. The molecule has 0 radical (unpaired) electrons. The Morgan fingerprint density at radius 3 is 2.30 bits per heavy atom. The average Bonchev–Trinajstić information content (AvgIpc) is 2.29. The van der Waals surface area contributed by atoms with Gasteiger partial charge in [-0.15, -0.1) is 0 Å². The quantitative estimate of drug-likeness (QED) is 0.869. The Balaban J connectivity index is 2.49. The first-order valence-electron chi connectivity index (χ1n) is 6.43. The van der Waals surface area contributed by atoms with Gasteiger partial charge in [-0.05, 0) is 45.4 Å². The number of carbonyl (C=O) groups excluding carboxylic acids is 2. The van der Waals surface area contributed by atoms with Crippen molar-refractivity contribution in [3.05, 3.63) is 34.9 Å². The highest BCUT2D eigenvalue weighted by molar-refractivity contribution is 6.30. The van der Waals surface area contributed by atoms with Crippen molar-refractivity contribution in [3.63, 3.8) is 0 Å². The molecule has 1 amide bonds. The van der Waals surface area contributed by atoms with Crippen LogP contribution in [0.3, 0.4) is 0 Å². The van der Waals surface area contributed by atoms with Crippen LogP contribution in [0.4, 0.5) is 0 Å². The second kappa shape index (κ2) is 6.75. The summed E-state index contributed by atoms with van der Waals surface area (Å²) in [6.07, 6.45) is -0.696. The number of carbonyl (C=O) groups is 2. The Labute approximate surface area is 124 Å². The molecule has 1 rings (SSSR count). The zero-order valence-corrected chi connectivity index (χ0v) is 13.0. The highest BCUT2D eigenvalue weighted by Gasteiger charge is 2.22. The van der Waals surface area contributed by atoms with Crippen molar-refractivity contribution < 1.29 is 14.3 Å². The van der Waals surface area contributed by atoms with Gasteiger partial charge in [0.25, 0.3) is 5.91 Å². The van der Waals surface area contributed by atoms with Gasteiger partial charge in [0, 0.05) is 10.6 Å².